The maximum Gasteiger partial charge on any atom is 0.299 e. The monoisotopic (exact) mass is 283 g/mol. The summed E-state index contributed by atoms with van der Waals surface area (Å²) in [6, 6.07) is 9.79. The lowest BCUT2D eigenvalue weighted by atomic mass is 10.0. The molecule has 0 saturated heterocycles. The van der Waals surface area contributed by atoms with Gasteiger partial charge in [-0.1, -0.05) is 24.3 Å². The van der Waals surface area contributed by atoms with E-state index < -0.39 is 11.7 Å². The lowest BCUT2D eigenvalue weighted by molar-refractivity contribution is -0.114. The molecule has 0 saturated carbocycles. The fourth-order valence-electron chi connectivity index (χ4n) is 2.73. The lowest BCUT2D eigenvalue weighted by Gasteiger charge is -2.19. The van der Waals surface area contributed by atoms with Crippen molar-refractivity contribution in [2.24, 2.45) is 0 Å². The van der Waals surface area contributed by atoms with Crippen molar-refractivity contribution >= 4 is 17.4 Å². The Bertz CT molecular complexity index is 767. The van der Waals surface area contributed by atoms with Crippen molar-refractivity contribution in [2.75, 3.05) is 4.90 Å². The van der Waals surface area contributed by atoms with Crippen LogP contribution in [-0.4, -0.2) is 11.7 Å². The zero-order valence-electron chi connectivity index (χ0n) is 11.8. The number of ketones is 1. The molecular weight excluding hydrogens is 269 g/mol. The number of fused-ring (bicyclic) bond motifs is 1. The summed E-state index contributed by atoms with van der Waals surface area (Å²) in [7, 11) is 0. The van der Waals surface area contributed by atoms with Crippen LogP contribution in [-0.2, 0) is 11.3 Å². The molecule has 0 spiro atoms. The van der Waals surface area contributed by atoms with Crippen molar-refractivity contribution in [2.45, 2.75) is 20.4 Å². The Morgan fingerprint density at radius 3 is 2.48 bits per heavy atom. The molecule has 3 rings (SSSR count). The first kappa shape index (κ1) is 13.5. The Labute approximate surface area is 122 Å². The van der Waals surface area contributed by atoms with Gasteiger partial charge in [0.25, 0.3) is 11.7 Å². The average molecular weight is 283 g/mol. The second kappa shape index (κ2) is 4.81. The number of amides is 1. The molecule has 0 unspecified atom stereocenters. The Balaban J connectivity index is 2.08. The number of hydrogen-bond acceptors (Lipinski definition) is 2. The van der Waals surface area contributed by atoms with Crippen LogP contribution in [0.5, 0.6) is 0 Å². The van der Waals surface area contributed by atoms with Gasteiger partial charge in [-0.3, -0.25) is 9.59 Å². The van der Waals surface area contributed by atoms with Gasteiger partial charge in [0.2, 0.25) is 0 Å². The van der Waals surface area contributed by atoms with Crippen molar-refractivity contribution in [1.29, 1.82) is 0 Å². The predicted molar refractivity (Wildman–Crippen MR) is 77.8 cm³/mol. The van der Waals surface area contributed by atoms with Crippen molar-refractivity contribution in [1.82, 2.24) is 0 Å². The van der Waals surface area contributed by atoms with Crippen LogP contribution in [0.4, 0.5) is 10.1 Å². The van der Waals surface area contributed by atoms with Gasteiger partial charge in [0.05, 0.1) is 17.8 Å². The number of benzene rings is 2. The fraction of sp³-hybridized carbons (Fsp3) is 0.176. The number of aryl methyl sites for hydroxylation is 2. The molecule has 21 heavy (non-hydrogen) atoms. The number of rotatable bonds is 2. The van der Waals surface area contributed by atoms with Crippen LogP contribution in [0, 0.1) is 19.7 Å². The maximum atomic E-state index is 13.3. The standard InChI is InChI=1S/C17H14FNO2/c1-10-6-7-11(2)15-14(10)16(20)17(21)19(15)9-12-4-3-5-13(18)8-12/h3-8H,9H2,1-2H3. The van der Waals surface area contributed by atoms with Crippen LogP contribution < -0.4 is 4.90 Å². The SMILES string of the molecule is Cc1ccc(C)c2c1C(=O)C(=O)N2Cc1cccc(F)c1. The van der Waals surface area contributed by atoms with E-state index in [1.807, 2.05) is 26.0 Å². The molecule has 0 N–H and O–H groups in total. The highest BCUT2D eigenvalue weighted by Gasteiger charge is 2.38. The first-order valence-electron chi connectivity index (χ1n) is 6.70. The van der Waals surface area contributed by atoms with Crippen molar-refractivity contribution in [3.8, 4) is 0 Å². The topological polar surface area (TPSA) is 37.4 Å². The Kier molecular flexibility index (Phi) is 3.09. The summed E-state index contributed by atoms with van der Waals surface area (Å²) in [6.07, 6.45) is 0. The highest BCUT2D eigenvalue weighted by atomic mass is 19.1. The maximum absolute atomic E-state index is 13.3. The molecule has 4 heteroatoms. The number of nitrogens with zero attached hydrogens (tertiary/aromatic N) is 1. The third-order valence-corrected chi connectivity index (χ3v) is 3.75. The van der Waals surface area contributed by atoms with Crippen LogP contribution in [0.3, 0.4) is 0 Å². The van der Waals surface area contributed by atoms with Gasteiger partial charge in [0, 0.05) is 0 Å². The summed E-state index contributed by atoms with van der Waals surface area (Å²) in [5, 5.41) is 0. The largest absolute Gasteiger partial charge is 0.300 e. The van der Waals surface area contributed by atoms with E-state index in [1.165, 1.54) is 17.0 Å². The van der Waals surface area contributed by atoms with Crippen molar-refractivity contribution in [3.63, 3.8) is 0 Å². The molecule has 0 fully saturated rings. The zero-order chi connectivity index (χ0) is 15.1. The molecule has 1 aliphatic rings. The normalized spacial score (nSPS) is 13.8. The Morgan fingerprint density at radius 1 is 1.05 bits per heavy atom. The molecule has 1 heterocycles. The van der Waals surface area contributed by atoms with Gasteiger partial charge in [0.1, 0.15) is 5.82 Å². The minimum atomic E-state index is -0.549. The second-order valence-electron chi connectivity index (χ2n) is 5.27. The van der Waals surface area contributed by atoms with Crippen LogP contribution >= 0.6 is 0 Å². The van der Waals surface area contributed by atoms with Crippen LogP contribution in [0.1, 0.15) is 27.0 Å². The molecule has 3 nitrogen and oxygen atoms in total. The summed E-state index contributed by atoms with van der Waals surface area (Å²) in [4.78, 5) is 25.8. The number of carbonyl (C=O) groups excluding carboxylic acids is 2. The Morgan fingerprint density at radius 2 is 1.76 bits per heavy atom. The highest BCUT2D eigenvalue weighted by molar-refractivity contribution is 6.52. The first-order valence-corrected chi connectivity index (χ1v) is 6.70. The summed E-state index contributed by atoms with van der Waals surface area (Å²) < 4.78 is 13.3. The molecule has 0 bridgehead atoms. The minimum absolute atomic E-state index is 0.194. The molecule has 0 radical (unpaired) electrons. The second-order valence-corrected chi connectivity index (χ2v) is 5.27. The van der Waals surface area contributed by atoms with E-state index in [9.17, 15) is 14.0 Å². The van der Waals surface area contributed by atoms with Crippen molar-refractivity contribution < 1.29 is 14.0 Å². The molecule has 106 valence electrons. The minimum Gasteiger partial charge on any atom is -0.300 e. The van der Waals surface area contributed by atoms with Gasteiger partial charge in [-0.25, -0.2) is 4.39 Å². The third kappa shape index (κ3) is 2.13. The number of carbonyl (C=O) groups is 2. The molecule has 2 aromatic rings. The zero-order valence-corrected chi connectivity index (χ0v) is 11.8. The van der Waals surface area contributed by atoms with Gasteiger partial charge in [-0.2, -0.15) is 0 Å². The lowest BCUT2D eigenvalue weighted by Crippen LogP contribution is -2.29. The molecule has 0 aliphatic carbocycles. The molecular formula is C17H14FNO2. The van der Waals surface area contributed by atoms with E-state index in [2.05, 4.69) is 0 Å². The molecule has 1 aliphatic heterocycles. The van der Waals surface area contributed by atoms with Gasteiger partial charge in [-0.15, -0.1) is 0 Å². The van der Waals surface area contributed by atoms with Crippen LogP contribution in [0.2, 0.25) is 0 Å². The summed E-state index contributed by atoms with van der Waals surface area (Å²) >= 11 is 0. The smallest absolute Gasteiger partial charge is 0.299 e. The van der Waals surface area contributed by atoms with E-state index in [0.717, 1.165) is 11.1 Å². The average Bonchev–Trinajstić information content (AvgIpc) is 2.69. The quantitative estimate of drug-likeness (QED) is 0.794. The highest BCUT2D eigenvalue weighted by Crippen LogP contribution is 2.35. The molecule has 0 atom stereocenters. The van der Waals surface area contributed by atoms with Gasteiger partial charge < -0.3 is 4.90 Å². The van der Waals surface area contributed by atoms with E-state index >= 15 is 0 Å². The van der Waals surface area contributed by atoms with E-state index in [1.54, 1.807) is 12.1 Å². The first-order chi connectivity index (χ1) is 9.99. The number of hydrogen-bond donors (Lipinski definition) is 0. The van der Waals surface area contributed by atoms with Gasteiger partial charge in [-0.05, 0) is 42.7 Å². The number of halogens is 1. The van der Waals surface area contributed by atoms with E-state index in [-0.39, 0.29) is 12.4 Å². The van der Waals surface area contributed by atoms with E-state index in [0.29, 0.717) is 16.8 Å². The van der Waals surface area contributed by atoms with Crippen LogP contribution in [0.15, 0.2) is 36.4 Å². The van der Waals surface area contributed by atoms with E-state index in [4.69, 9.17) is 0 Å². The van der Waals surface area contributed by atoms with Crippen molar-refractivity contribution in [3.05, 3.63) is 64.5 Å². The summed E-state index contributed by atoms with van der Waals surface area (Å²) in [5.41, 5.74) is 3.43. The predicted octanol–water partition coefficient (Wildman–Crippen LogP) is 3.17. The summed E-state index contributed by atoms with van der Waals surface area (Å²) in [6.45, 7) is 3.87. The Hall–Kier alpha value is -2.49. The number of anilines is 1. The summed E-state index contributed by atoms with van der Waals surface area (Å²) in [5.74, 6) is -1.39. The van der Waals surface area contributed by atoms with Gasteiger partial charge in [0.15, 0.2) is 0 Å². The molecule has 1 amide bonds. The molecule has 2 aromatic carbocycles. The van der Waals surface area contributed by atoms with Gasteiger partial charge >= 0.3 is 0 Å². The number of Topliss-reactive ketones (excluding diaryl/α,β-unsaturated/α-hetero) is 1. The third-order valence-electron chi connectivity index (χ3n) is 3.75. The molecule has 0 aromatic heterocycles. The fourth-order valence-corrected chi connectivity index (χ4v) is 2.73. The van der Waals surface area contributed by atoms with Crippen LogP contribution in [0.25, 0.3) is 0 Å².